The van der Waals surface area contributed by atoms with Crippen LogP contribution in [0.25, 0.3) is 10.2 Å². The first-order valence-corrected chi connectivity index (χ1v) is 7.16. The van der Waals surface area contributed by atoms with Crippen LogP contribution < -0.4 is 11.1 Å². The molecule has 6 heteroatoms. The third-order valence-corrected chi connectivity index (χ3v) is 3.98. The second kappa shape index (κ2) is 5.51. The molecule has 0 radical (unpaired) electrons. The van der Waals surface area contributed by atoms with Gasteiger partial charge in [-0.1, -0.05) is 47.7 Å². The van der Waals surface area contributed by atoms with E-state index in [0.717, 1.165) is 4.70 Å². The van der Waals surface area contributed by atoms with Gasteiger partial charge in [0.25, 0.3) is 5.91 Å². The van der Waals surface area contributed by atoms with Crippen molar-refractivity contribution in [1.82, 2.24) is 4.98 Å². The lowest BCUT2D eigenvalue weighted by molar-refractivity contribution is -0.124. The van der Waals surface area contributed by atoms with Crippen LogP contribution in [0.5, 0.6) is 0 Å². The average molecular weight is 299 g/mol. The number of nitrogens with one attached hydrogen (secondary N) is 1. The number of hydrogen-bond acceptors (Lipinski definition) is 5. The quantitative estimate of drug-likeness (QED) is 0.648. The molecule has 1 aromatic heterocycles. The number of aliphatic hydroxyl groups excluding tert-OH is 1. The summed E-state index contributed by atoms with van der Waals surface area (Å²) in [7, 11) is 0. The van der Waals surface area contributed by atoms with Crippen LogP contribution >= 0.6 is 11.3 Å². The SMILES string of the molecule is Nc1cccc2sc(NC(=O)C(O)c3ccccc3)nc12. The van der Waals surface area contributed by atoms with Gasteiger partial charge in [-0.3, -0.25) is 10.1 Å². The standard InChI is InChI=1S/C15H13N3O2S/c16-10-7-4-8-11-12(10)17-15(21-11)18-14(20)13(19)9-5-2-1-3-6-9/h1-8,13,19H,16H2,(H,17,18,20). The summed E-state index contributed by atoms with van der Waals surface area (Å²) in [4.78, 5) is 16.3. The monoisotopic (exact) mass is 299 g/mol. The van der Waals surface area contributed by atoms with Crippen LogP contribution in [0.3, 0.4) is 0 Å². The van der Waals surface area contributed by atoms with E-state index in [1.165, 1.54) is 11.3 Å². The van der Waals surface area contributed by atoms with Crippen molar-refractivity contribution >= 4 is 38.3 Å². The lowest BCUT2D eigenvalue weighted by Gasteiger charge is -2.09. The van der Waals surface area contributed by atoms with Gasteiger partial charge in [-0.05, 0) is 17.7 Å². The smallest absolute Gasteiger partial charge is 0.259 e. The summed E-state index contributed by atoms with van der Waals surface area (Å²) in [5.41, 5.74) is 7.59. The molecule has 1 amide bonds. The highest BCUT2D eigenvalue weighted by Crippen LogP contribution is 2.29. The van der Waals surface area contributed by atoms with Gasteiger partial charge in [-0.15, -0.1) is 0 Å². The third kappa shape index (κ3) is 2.72. The van der Waals surface area contributed by atoms with Crippen molar-refractivity contribution in [3.05, 3.63) is 54.1 Å². The zero-order chi connectivity index (χ0) is 14.8. The first kappa shape index (κ1) is 13.5. The predicted octanol–water partition coefficient (Wildman–Crippen LogP) is 2.55. The number of para-hydroxylation sites is 1. The van der Waals surface area contributed by atoms with Crippen molar-refractivity contribution in [3.8, 4) is 0 Å². The van der Waals surface area contributed by atoms with Gasteiger partial charge in [0, 0.05) is 0 Å². The Labute approximate surface area is 125 Å². The Hall–Kier alpha value is -2.44. The highest BCUT2D eigenvalue weighted by molar-refractivity contribution is 7.22. The number of aliphatic hydroxyl groups is 1. The minimum Gasteiger partial charge on any atom is -0.397 e. The van der Waals surface area contributed by atoms with Crippen molar-refractivity contribution in [2.45, 2.75) is 6.10 Å². The summed E-state index contributed by atoms with van der Waals surface area (Å²) in [5.74, 6) is -0.515. The average Bonchev–Trinajstić information content (AvgIpc) is 2.91. The lowest BCUT2D eigenvalue weighted by atomic mass is 10.1. The van der Waals surface area contributed by atoms with Gasteiger partial charge in [-0.2, -0.15) is 0 Å². The van der Waals surface area contributed by atoms with Crippen molar-refractivity contribution in [2.24, 2.45) is 0 Å². The van der Waals surface area contributed by atoms with E-state index < -0.39 is 12.0 Å². The number of aromatic nitrogens is 1. The van der Waals surface area contributed by atoms with E-state index in [1.54, 1.807) is 30.3 Å². The highest BCUT2D eigenvalue weighted by Gasteiger charge is 2.18. The minimum atomic E-state index is -1.23. The maximum atomic E-state index is 12.0. The Bertz CT molecular complexity index is 786. The predicted molar refractivity (Wildman–Crippen MR) is 84.1 cm³/mol. The molecule has 1 heterocycles. The van der Waals surface area contributed by atoms with Crippen LogP contribution in [0, 0.1) is 0 Å². The molecule has 106 valence electrons. The van der Waals surface area contributed by atoms with Crippen LogP contribution in [0.2, 0.25) is 0 Å². The summed E-state index contributed by atoms with van der Waals surface area (Å²) in [6, 6.07) is 14.2. The number of carbonyl (C=O) groups excluding carboxylic acids is 1. The van der Waals surface area contributed by atoms with Gasteiger partial charge in [0.15, 0.2) is 11.2 Å². The molecule has 1 atom stereocenters. The fraction of sp³-hybridized carbons (Fsp3) is 0.0667. The van der Waals surface area contributed by atoms with Gasteiger partial charge in [0.05, 0.1) is 10.4 Å². The number of thiazole rings is 1. The van der Waals surface area contributed by atoms with Gasteiger partial charge >= 0.3 is 0 Å². The molecule has 0 bridgehead atoms. The van der Waals surface area contributed by atoms with Gasteiger partial charge < -0.3 is 10.8 Å². The van der Waals surface area contributed by atoms with Crippen molar-refractivity contribution in [1.29, 1.82) is 0 Å². The Balaban J connectivity index is 1.82. The lowest BCUT2D eigenvalue weighted by Crippen LogP contribution is -2.20. The van der Waals surface area contributed by atoms with Gasteiger partial charge in [-0.25, -0.2) is 4.98 Å². The number of fused-ring (bicyclic) bond motifs is 1. The molecule has 0 aliphatic rings. The van der Waals surface area contributed by atoms with Gasteiger partial charge in [0.1, 0.15) is 5.52 Å². The number of nitrogens with two attached hydrogens (primary N) is 1. The van der Waals surface area contributed by atoms with E-state index in [4.69, 9.17) is 5.73 Å². The van der Waals surface area contributed by atoms with E-state index in [2.05, 4.69) is 10.3 Å². The Kier molecular flexibility index (Phi) is 3.55. The fourth-order valence-electron chi connectivity index (χ4n) is 1.98. The van der Waals surface area contributed by atoms with Crippen molar-refractivity contribution < 1.29 is 9.90 Å². The summed E-state index contributed by atoms with van der Waals surface area (Å²) >= 11 is 1.32. The first-order valence-electron chi connectivity index (χ1n) is 6.34. The molecule has 1 unspecified atom stereocenters. The summed E-state index contributed by atoms with van der Waals surface area (Å²) < 4.78 is 0.888. The number of amides is 1. The first-order chi connectivity index (χ1) is 10.1. The summed E-state index contributed by atoms with van der Waals surface area (Å²) in [5, 5.41) is 13.1. The molecule has 3 rings (SSSR count). The molecular formula is C15H13N3O2S. The molecule has 0 spiro atoms. The van der Waals surface area contributed by atoms with Crippen LogP contribution in [0.1, 0.15) is 11.7 Å². The summed E-state index contributed by atoms with van der Waals surface area (Å²) in [6.07, 6.45) is -1.23. The number of hydrogen-bond donors (Lipinski definition) is 3. The Morgan fingerprint density at radius 1 is 1.19 bits per heavy atom. The van der Waals surface area contributed by atoms with E-state index in [0.29, 0.717) is 21.9 Å². The van der Waals surface area contributed by atoms with E-state index in [-0.39, 0.29) is 0 Å². The Morgan fingerprint density at radius 2 is 1.95 bits per heavy atom. The molecule has 2 aromatic carbocycles. The molecule has 4 N–H and O–H groups in total. The van der Waals surface area contributed by atoms with Crippen LogP contribution in [0.15, 0.2) is 48.5 Å². The van der Waals surface area contributed by atoms with Crippen molar-refractivity contribution in [2.75, 3.05) is 11.1 Å². The second-order valence-corrected chi connectivity index (χ2v) is 5.55. The molecule has 21 heavy (non-hydrogen) atoms. The minimum absolute atomic E-state index is 0.419. The van der Waals surface area contributed by atoms with Gasteiger partial charge in [0.2, 0.25) is 0 Å². The van der Waals surface area contributed by atoms with E-state index in [9.17, 15) is 9.90 Å². The highest BCUT2D eigenvalue weighted by atomic mass is 32.1. The molecule has 5 nitrogen and oxygen atoms in total. The van der Waals surface area contributed by atoms with E-state index in [1.807, 2.05) is 18.2 Å². The van der Waals surface area contributed by atoms with Crippen molar-refractivity contribution in [3.63, 3.8) is 0 Å². The topological polar surface area (TPSA) is 88.2 Å². The Morgan fingerprint density at radius 3 is 2.67 bits per heavy atom. The van der Waals surface area contributed by atoms with Crippen LogP contribution in [-0.2, 0) is 4.79 Å². The number of rotatable bonds is 3. The summed E-state index contributed by atoms with van der Waals surface area (Å²) in [6.45, 7) is 0. The maximum absolute atomic E-state index is 12.0. The van der Waals surface area contributed by atoms with Crippen LogP contribution in [-0.4, -0.2) is 16.0 Å². The largest absolute Gasteiger partial charge is 0.397 e. The number of benzene rings is 2. The molecule has 0 fully saturated rings. The number of anilines is 2. The van der Waals surface area contributed by atoms with E-state index >= 15 is 0 Å². The molecule has 3 aromatic rings. The molecule has 0 aliphatic carbocycles. The maximum Gasteiger partial charge on any atom is 0.259 e. The third-order valence-electron chi connectivity index (χ3n) is 3.04. The fourth-order valence-corrected chi connectivity index (χ4v) is 2.89. The number of nitrogen functional groups attached to an aromatic ring is 1. The normalized spacial score (nSPS) is 12.2. The number of nitrogens with zero attached hydrogens (tertiary/aromatic N) is 1. The molecule has 0 aliphatic heterocycles. The zero-order valence-electron chi connectivity index (χ0n) is 11.0. The molecule has 0 saturated carbocycles. The number of carbonyl (C=O) groups is 1. The zero-order valence-corrected chi connectivity index (χ0v) is 11.8. The molecule has 0 saturated heterocycles. The second-order valence-electron chi connectivity index (χ2n) is 4.52. The molecular weight excluding hydrogens is 286 g/mol. The van der Waals surface area contributed by atoms with Crippen LogP contribution in [0.4, 0.5) is 10.8 Å².